The lowest BCUT2D eigenvalue weighted by Gasteiger charge is -2.26. The van der Waals surface area contributed by atoms with Crippen LogP contribution in [0.25, 0.3) is 0 Å². The number of amides is 1. The van der Waals surface area contributed by atoms with E-state index < -0.39 is 18.9 Å². The van der Waals surface area contributed by atoms with Crippen molar-refractivity contribution in [1.82, 2.24) is 14.9 Å². The number of halogens is 4. The van der Waals surface area contributed by atoms with E-state index in [0.29, 0.717) is 36.7 Å². The van der Waals surface area contributed by atoms with Gasteiger partial charge in [0, 0.05) is 17.6 Å². The average molecular weight is 430 g/mol. The van der Waals surface area contributed by atoms with Crippen molar-refractivity contribution in [2.75, 3.05) is 13.2 Å². The molecule has 1 amide bonds. The summed E-state index contributed by atoms with van der Waals surface area (Å²) in [6.07, 6.45) is -1.88. The van der Waals surface area contributed by atoms with Crippen LogP contribution in [0, 0.1) is 0 Å². The van der Waals surface area contributed by atoms with Gasteiger partial charge in [0.1, 0.15) is 30.5 Å². The maximum absolute atomic E-state index is 12.6. The largest absolute Gasteiger partial charge is 0.491 e. The minimum Gasteiger partial charge on any atom is -0.491 e. The third-order valence-electron chi connectivity index (χ3n) is 4.93. The Morgan fingerprint density at radius 3 is 3.03 bits per heavy atom. The van der Waals surface area contributed by atoms with Gasteiger partial charge in [0.05, 0.1) is 18.7 Å². The zero-order chi connectivity index (χ0) is 20.6. The van der Waals surface area contributed by atoms with E-state index in [2.05, 4.69) is 10.3 Å². The fraction of sp³-hybridized carbons (Fsp3) is 0.474. The van der Waals surface area contributed by atoms with Crippen molar-refractivity contribution in [2.45, 2.75) is 44.1 Å². The summed E-state index contributed by atoms with van der Waals surface area (Å²) in [5, 5.41) is 3.50. The lowest BCUT2D eigenvalue weighted by molar-refractivity contribution is -0.187. The van der Waals surface area contributed by atoms with Crippen LogP contribution in [-0.4, -0.2) is 47.0 Å². The number of nitrogens with zero attached hydrogens (tertiary/aromatic N) is 2. The quantitative estimate of drug-likeness (QED) is 0.810. The molecule has 2 aliphatic heterocycles. The molecule has 0 saturated heterocycles. The molecule has 156 valence electrons. The Morgan fingerprint density at radius 1 is 1.41 bits per heavy atom. The normalized spacial score (nSPS) is 21.1. The van der Waals surface area contributed by atoms with Gasteiger partial charge in [-0.15, -0.1) is 0 Å². The van der Waals surface area contributed by atoms with Gasteiger partial charge in [-0.05, 0) is 36.6 Å². The van der Waals surface area contributed by atoms with Gasteiger partial charge in [-0.1, -0.05) is 11.6 Å². The van der Waals surface area contributed by atoms with Crippen LogP contribution in [0.5, 0.6) is 5.75 Å². The Kier molecular flexibility index (Phi) is 5.44. The molecule has 4 rings (SSSR count). The highest BCUT2D eigenvalue weighted by molar-refractivity contribution is 6.30. The van der Waals surface area contributed by atoms with Crippen molar-refractivity contribution >= 4 is 17.5 Å². The van der Waals surface area contributed by atoms with Gasteiger partial charge < -0.3 is 19.4 Å². The number of carbonyl (C=O) groups is 1. The molecule has 6 nitrogen and oxygen atoms in total. The fourth-order valence-electron chi connectivity index (χ4n) is 3.59. The zero-order valence-corrected chi connectivity index (χ0v) is 16.1. The maximum atomic E-state index is 12.6. The molecular formula is C19H19ClF3N3O3. The third kappa shape index (κ3) is 4.84. The summed E-state index contributed by atoms with van der Waals surface area (Å²) in [6, 6.07) is 5.14. The van der Waals surface area contributed by atoms with Crippen molar-refractivity contribution in [3.63, 3.8) is 0 Å². The number of ether oxygens (including phenoxy) is 2. The number of fused-ring (bicyclic) bond motifs is 2. The lowest BCUT2D eigenvalue weighted by Crippen LogP contribution is -2.42. The Balaban J connectivity index is 1.37. The Hall–Kier alpha value is -2.26. The van der Waals surface area contributed by atoms with Crippen molar-refractivity contribution in [2.24, 2.45) is 0 Å². The molecule has 29 heavy (non-hydrogen) atoms. The Morgan fingerprint density at radius 2 is 2.24 bits per heavy atom. The van der Waals surface area contributed by atoms with Crippen molar-refractivity contribution < 1.29 is 27.4 Å². The molecule has 2 aromatic rings. The summed E-state index contributed by atoms with van der Waals surface area (Å²) in [5.41, 5.74) is 1.15. The minimum atomic E-state index is -4.36. The van der Waals surface area contributed by atoms with Crippen LogP contribution >= 0.6 is 11.6 Å². The number of hydrogen-bond donors (Lipinski definition) is 1. The highest BCUT2D eigenvalue weighted by atomic mass is 35.5. The summed E-state index contributed by atoms with van der Waals surface area (Å²) in [7, 11) is 0. The average Bonchev–Trinajstić information content (AvgIpc) is 3.09. The van der Waals surface area contributed by atoms with Crippen LogP contribution in [0.15, 0.2) is 24.4 Å². The maximum Gasteiger partial charge on any atom is 0.411 e. The van der Waals surface area contributed by atoms with Gasteiger partial charge in [-0.2, -0.15) is 13.2 Å². The van der Waals surface area contributed by atoms with Gasteiger partial charge in [0.15, 0.2) is 0 Å². The number of alkyl halides is 3. The van der Waals surface area contributed by atoms with Crippen LogP contribution in [0.2, 0.25) is 5.02 Å². The number of aryl methyl sites for hydroxylation is 1. The first-order chi connectivity index (χ1) is 13.8. The monoisotopic (exact) mass is 429 g/mol. The number of aromatic nitrogens is 2. The van der Waals surface area contributed by atoms with Crippen LogP contribution in [-0.2, 0) is 24.1 Å². The first-order valence-electron chi connectivity index (χ1n) is 9.23. The van der Waals surface area contributed by atoms with Crippen molar-refractivity contribution in [1.29, 1.82) is 0 Å². The molecule has 0 fully saturated rings. The summed E-state index contributed by atoms with van der Waals surface area (Å²) in [4.78, 5) is 16.9. The van der Waals surface area contributed by atoms with Crippen molar-refractivity contribution in [3.05, 3.63) is 46.5 Å². The van der Waals surface area contributed by atoms with Crippen molar-refractivity contribution in [3.8, 4) is 5.75 Å². The molecule has 0 saturated carbocycles. The highest BCUT2D eigenvalue weighted by Gasteiger charge is 2.31. The molecule has 1 aromatic heterocycles. The van der Waals surface area contributed by atoms with E-state index in [-0.39, 0.29) is 24.2 Å². The predicted octanol–water partition coefficient (Wildman–Crippen LogP) is 3.16. The van der Waals surface area contributed by atoms with Gasteiger partial charge in [0.25, 0.3) is 5.91 Å². The Bertz CT molecular complexity index is 916. The SMILES string of the molecule is O=C(N[C@H]1COc2ccc(Cl)cc2C1)c1cn2c(n1)CC[C@H](OCC(F)(F)F)C2. The molecule has 2 aliphatic rings. The predicted molar refractivity (Wildman–Crippen MR) is 98.2 cm³/mol. The molecule has 0 radical (unpaired) electrons. The number of imidazole rings is 1. The number of benzene rings is 1. The lowest BCUT2D eigenvalue weighted by atomic mass is 10.0. The van der Waals surface area contributed by atoms with E-state index in [1.165, 1.54) is 0 Å². The molecule has 0 spiro atoms. The summed E-state index contributed by atoms with van der Waals surface area (Å²) >= 11 is 6.01. The second-order valence-corrected chi connectivity index (χ2v) is 7.66. The molecule has 3 heterocycles. The van der Waals surface area contributed by atoms with Gasteiger partial charge in [0.2, 0.25) is 0 Å². The van der Waals surface area contributed by atoms with Crippen LogP contribution in [0.3, 0.4) is 0 Å². The number of hydrogen-bond acceptors (Lipinski definition) is 4. The standard InChI is InChI=1S/C19H19ClF3N3O3/c20-12-1-3-16-11(5-12)6-13(9-28-16)24-18(27)15-8-26-7-14(2-4-17(26)25-15)29-10-19(21,22)23/h1,3,5,8,13-14H,2,4,6-7,9-10H2,(H,24,27)/t13-,14+/m1/s1. The smallest absolute Gasteiger partial charge is 0.411 e. The fourth-order valence-corrected chi connectivity index (χ4v) is 3.78. The van der Waals surface area contributed by atoms with Gasteiger partial charge in [-0.25, -0.2) is 4.98 Å². The number of rotatable bonds is 4. The first kappa shape index (κ1) is 20.0. The van der Waals surface area contributed by atoms with E-state index >= 15 is 0 Å². The summed E-state index contributed by atoms with van der Waals surface area (Å²) < 4.78 is 49.3. The molecule has 0 bridgehead atoms. The third-order valence-corrected chi connectivity index (χ3v) is 5.16. The highest BCUT2D eigenvalue weighted by Crippen LogP contribution is 2.28. The van der Waals surface area contributed by atoms with Crippen LogP contribution in [0.4, 0.5) is 13.2 Å². The molecule has 1 N–H and O–H groups in total. The molecular weight excluding hydrogens is 411 g/mol. The second kappa shape index (κ2) is 7.87. The molecule has 0 unspecified atom stereocenters. The van der Waals surface area contributed by atoms with E-state index in [9.17, 15) is 18.0 Å². The minimum absolute atomic E-state index is 0.227. The molecule has 10 heteroatoms. The van der Waals surface area contributed by atoms with Crippen LogP contribution < -0.4 is 10.1 Å². The second-order valence-electron chi connectivity index (χ2n) is 7.22. The van der Waals surface area contributed by atoms with Crippen LogP contribution in [0.1, 0.15) is 28.3 Å². The van der Waals surface area contributed by atoms with Gasteiger partial charge >= 0.3 is 6.18 Å². The number of carbonyl (C=O) groups excluding carboxylic acids is 1. The molecule has 2 atom stereocenters. The van der Waals surface area contributed by atoms with E-state index in [0.717, 1.165) is 11.3 Å². The van der Waals surface area contributed by atoms with E-state index in [1.54, 1.807) is 22.9 Å². The molecule has 0 aliphatic carbocycles. The van der Waals surface area contributed by atoms with E-state index in [4.69, 9.17) is 21.1 Å². The topological polar surface area (TPSA) is 65.4 Å². The zero-order valence-electron chi connectivity index (χ0n) is 15.3. The first-order valence-corrected chi connectivity index (χ1v) is 9.61. The summed E-state index contributed by atoms with van der Waals surface area (Å²) in [6.45, 7) is -0.701. The number of nitrogens with one attached hydrogen (secondary N) is 1. The van der Waals surface area contributed by atoms with E-state index in [1.807, 2.05) is 6.07 Å². The Labute approximate surface area is 170 Å². The molecule has 1 aromatic carbocycles. The van der Waals surface area contributed by atoms with Gasteiger partial charge in [-0.3, -0.25) is 4.79 Å². The summed E-state index contributed by atoms with van der Waals surface area (Å²) in [5.74, 6) is 1.07.